The van der Waals surface area contributed by atoms with Crippen LogP contribution in [0.5, 0.6) is 0 Å². The molecule has 7 heteroatoms. The first kappa shape index (κ1) is 14.2. The van der Waals surface area contributed by atoms with Crippen LogP contribution in [-0.2, 0) is 10.0 Å². The number of aromatic carboxylic acids is 1. The number of carboxylic acids is 1. The van der Waals surface area contributed by atoms with Crippen LogP contribution < -0.4 is 0 Å². The van der Waals surface area contributed by atoms with Gasteiger partial charge in [0.05, 0.1) is 12.1 Å². The molecule has 0 saturated heterocycles. The first-order valence-electron chi connectivity index (χ1n) is 4.73. The molecule has 18 heavy (non-hydrogen) atoms. The Labute approximate surface area is 104 Å². The summed E-state index contributed by atoms with van der Waals surface area (Å²) in [5, 5.41) is 8.64. The third-order valence-corrected chi connectivity index (χ3v) is 4.02. The molecular weight excluding hydrogens is 261 g/mol. The summed E-state index contributed by atoms with van der Waals surface area (Å²) in [6, 6.07) is 2.57. The summed E-state index contributed by atoms with van der Waals surface area (Å²) in [6.45, 7) is -0.206. The minimum atomic E-state index is -4.05. The predicted octanol–water partition coefficient (Wildman–Crippen LogP) is 0.778. The number of nitrogens with zero attached hydrogens (tertiary/aromatic N) is 1. The third-order valence-electron chi connectivity index (χ3n) is 2.18. The van der Waals surface area contributed by atoms with E-state index < -0.39 is 26.7 Å². The zero-order chi connectivity index (χ0) is 13.9. The van der Waals surface area contributed by atoms with Crippen molar-refractivity contribution in [1.82, 2.24) is 4.31 Å². The monoisotopic (exact) mass is 271 g/mol. The van der Waals surface area contributed by atoms with Crippen molar-refractivity contribution in [2.24, 2.45) is 0 Å². The second kappa shape index (κ2) is 5.16. The lowest BCUT2D eigenvalue weighted by Gasteiger charge is -2.14. The molecule has 0 aliphatic heterocycles. The lowest BCUT2D eigenvalue weighted by Crippen LogP contribution is -2.28. The molecule has 1 N–H and O–H groups in total. The number of hydrogen-bond donors (Lipinski definition) is 1. The summed E-state index contributed by atoms with van der Waals surface area (Å²) in [5.74, 6) is -0.342. The van der Waals surface area contributed by atoms with Crippen molar-refractivity contribution in [3.8, 4) is 12.3 Å². The molecule has 0 saturated carbocycles. The fourth-order valence-corrected chi connectivity index (χ4v) is 2.35. The van der Waals surface area contributed by atoms with Gasteiger partial charge in [0, 0.05) is 7.05 Å². The zero-order valence-corrected chi connectivity index (χ0v) is 10.2. The van der Waals surface area contributed by atoms with Gasteiger partial charge in [0.2, 0.25) is 10.0 Å². The Morgan fingerprint density at radius 2 is 2.17 bits per heavy atom. The summed E-state index contributed by atoms with van der Waals surface area (Å²) >= 11 is 0. The molecule has 0 aromatic heterocycles. The van der Waals surface area contributed by atoms with Crippen LogP contribution in [0.15, 0.2) is 23.1 Å². The summed E-state index contributed by atoms with van der Waals surface area (Å²) in [4.78, 5) is 9.99. The second-order valence-corrected chi connectivity index (χ2v) is 5.43. The maximum absolute atomic E-state index is 13.6. The Kier molecular flexibility index (Phi) is 4.06. The van der Waals surface area contributed by atoms with Crippen molar-refractivity contribution in [1.29, 1.82) is 0 Å². The molecule has 1 aromatic carbocycles. The Hall–Kier alpha value is -1.91. The van der Waals surface area contributed by atoms with Crippen LogP contribution in [0.1, 0.15) is 10.4 Å². The highest BCUT2D eigenvalue weighted by Crippen LogP contribution is 2.19. The molecule has 0 bridgehead atoms. The molecule has 0 amide bonds. The SMILES string of the molecule is C#CCN(C)S(=O)(=O)c1ccc(C(=O)O)cc1F. The van der Waals surface area contributed by atoms with Crippen LogP contribution in [0.3, 0.4) is 0 Å². The van der Waals surface area contributed by atoms with Crippen molar-refractivity contribution in [3.05, 3.63) is 29.6 Å². The van der Waals surface area contributed by atoms with Crippen molar-refractivity contribution >= 4 is 16.0 Å². The smallest absolute Gasteiger partial charge is 0.335 e. The fraction of sp³-hybridized carbons (Fsp3) is 0.182. The normalized spacial score (nSPS) is 11.2. The van der Waals surface area contributed by atoms with Crippen LogP contribution in [0.2, 0.25) is 0 Å². The number of carboxylic acid groups (broad SMARTS) is 1. The van der Waals surface area contributed by atoms with E-state index in [1.54, 1.807) is 0 Å². The van der Waals surface area contributed by atoms with E-state index in [0.29, 0.717) is 6.07 Å². The number of sulfonamides is 1. The quantitative estimate of drug-likeness (QED) is 0.821. The van der Waals surface area contributed by atoms with Crippen LogP contribution in [-0.4, -0.2) is 37.4 Å². The highest BCUT2D eigenvalue weighted by molar-refractivity contribution is 7.89. The van der Waals surface area contributed by atoms with Crippen LogP contribution in [0, 0.1) is 18.2 Å². The van der Waals surface area contributed by atoms with Gasteiger partial charge >= 0.3 is 5.97 Å². The predicted molar refractivity (Wildman–Crippen MR) is 62.0 cm³/mol. The summed E-state index contributed by atoms with van der Waals surface area (Å²) < 4.78 is 38.1. The number of rotatable bonds is 4. The molecule has 0 aliphatic carbocycles. The van der Waals surface area contributed by atoms with Gasteiger partial charge < -0.3 is 5.11 Å². The van der Waals surface area contributed by atoms with E-state index in [4.69, 9.17) is 11.5 Å². The number of benzene rings is 1. The standard InChI is InChI=1S/C11H10FNO4S/c1-3-6-13(2)18(16,17)10-5-4-8(11(14)15)7-9(10)12/h1,4-5,7H,6H2,2H3,(H,14,15). The van der Waals surface area contributed by atoms with E-state index in [9.17, 15) is 17.6 Å². The molecule has 0 unspecified atom stereocenters. The number of halogens is 1. The molecule has 0 aliphatic rings. The maximum Gasteiger partial charge on any atom is 0.335 e. The van der Waals surface area contributed by atoms with E-state index in [1.165, 1.54) is 7.05 Å². The first-order chi connectivity index (χ1) is 8.30. The zero-order valence-electron chi connectivity index (χ0n) is 9.42. The van der Waals surface area contributed by atoms with Gasteiger partial charge in [-0.3, -0.25) is 0 Å². The molecule has 0 heterocycles. The van der Waals surface area contributed by atoms with Crippen molar-refractivity contribution in [2.45, 2.75) is 4.90 Å². The van der Waals surface area contributed by atoms with Gasteiger partial charge in [-0.25, -0.2) is 17.6 Å². The largest absolute Gasteiger partial charge is 0.478 e. The van der Waals surface area contributed by atoms with E-state index in [1.807, 2.05) is 0 Å². The number of hydrogen-bond acceptors (Lipinski definition) is 3. The molecule has 0 atom stereocenters. The highest BCUT2D eigenvalue weighted by Gasteiger charge is 2.24. The summed E-state index contributed by atoms with van der Waals surface area (Å²) in [5.41, 5.74) is -0.328. The van der Waals surface area contributed by atoms with Gasteiger partial charge in [-0.1, -0.05) is 5.92 Å². The first-order valence-corrected chi connectivity index (χ1v) is 6.17. The third kappa shape index (κ3) is 2.67. The minimum absolute atomic E-state index is 0.206. The van der Waals surface area contributed by atoms with Gasteiger partial charge in [0.15, 0.2) is 0 Å². The molecule has 0 fully saturated rings. The van der Waals surface area contributed by atoms with Crippen molar-refractivity contribution in [3.63, 3.8) is 0 Å². The average Bonchev–Trinajstić information content (AvgIpc) is 2.28. The number of carbonyl (C=O) groups is 1. The van der Waals surface area contributed by atoms with Gasteiger partial charge in [-0.15, -0.1) is 6.42 Å². The summed E-state index contributed by atoms with van der Waals surface area (Å²) in [7, 11) is -2.84. The molecule has 1 rings (SSSR count). The molecule has 96 valence electrons. The fourth-order valence-electron chi connectivity index (χ4n) is 1.22. The lowest BCUT2D eigenvalue weighted by atomic mass is 10.2. The summed E-state index contributed by atoms with van der Waals surface area (Å²) in [6.07, 6.45) is 4.98. The van der Waals surface area contributed by atoms with Crippen molar-refractivity contribution in [2.75, 3.05) is 13.6 Å². The number of terminal acetylenes is 1. The Bertz CT molecular complexity index is 618. The molecular formula is C11H10FNO4S. The Morgan fingerprint density at radius 3 is 2.61 bits per heavy atom. The van der Waals surface area contributed by atoms with Gasteiger partial charge in [-0.2, -0.15) is 4.31 Å². The highest BCUT2D eigenvalue weighted by atomic mass is 32.2. The second-order valence-electron chi connectivity index (χ2n) is 3.42. The molecule has 1 aromatic rings. The van der Waals surface area contributed by atoms with Gasteiger partial charge in [0.25, 0.3) is 0 Å². The Morgan fingerprint density at radius 1 is 1.56 bits per heavy atom. The van der Waals surface area contributed by atoms with Crippen LogP contribution in [0.25, 0.3) is 0 Å². The van der Waals surface area contributed by atoms with E-state index >= 15 is 0 Å². The van der Waals surface area contributed by atoms with E-state index in [0.717, 1.165) is 16.4 Å². The van der Waals surface area contributed by atoms with Crippen LogP contribution in [0.4, 0.5) is 4.39 Å². The average molecular weight is 271 g/mol. The molecule has 5 nitrogen and oxygen atoms in total. The maximum atomic E-state index is 13.6. The molecule has 0 spiro atoms. The van der Waals surface area contributed by atoms with Crippen molar-refractivity contribution < 1.29 is 22.7 Å². The topological polar surface area (TPSA) is 74.7 Å². The lowest BCUT2D eigenvalue weighted by molar-refractivity contribution is 0.0696. The van der Waals surface area contributed by atoms with E-state index in [-0.39, 0.29) is 12.1 Å². The van der Waals surface area contributed by atoms with E-state index in [2.05, 4.69) is 5.92 Å². The van der Waals surface area contributed by atoms with Gasteiger partial charge in [-0.05, 0) is 18.2 Å². The van der Waals surface area contributed by atoms with Gasteiger partial charge in [0.1, 0.15) is 10.7 Å². The Balaban J connectivity index is 3.27. The molecule has 0 radical (unpaired) electrons. The van der Waals surface area contributed by atoms with Crippen LogP contribution >= 0.6 is 0 Å². The minimum Gasteiger partial charge on any atom is -0.478 e.